The molecular weight excluding hydrogens is 188 g/mol. The Kier molecular flexibility index (Phi) is 1.54. The number of hydrogen-bond acceptors (Lipinski definition) is 2. The number of ketones is 2. The normalized spacial score (nSPS) is 14.7. The molecule has 0 saturated carbocycles. The third-order valence-electron chi connectivity index (χ3n) is 2.83. The Hall–Kier alpha value is -1.96. The van der Waals surface area contributed by atoms with Gasteiger partial charge in [-0.15, -0.1) is 0 Å². The van der Waals surface area contributed by atoms with Crippen molar-refractivity contribution in [3.63, 3.8) is 0 Å². The SMILES string of the molecule is O=C1CC(=O)c2c1ccc1ccccc21. The molecule has 15 heavy (non-hydrogen) atoms. The van der Waals surface area contributed by atoms with Crippen molar-refractivity contribution in [2.24, 2.45) is 0 Å². The molecule has 1 aliphatic rings. The van der Waals surface area contributed by atoms with Crippen LogP contribution >= 0.6 is 0 Å². The van der Waals surface area contributed by atoms with Crippen LogP contribution in [-0.4, -0.2) is 11.6 Å². The fraction of sp³-hybridized carbons (Fsp3) is 0.0769. The van der Waals surface area contributed by atoms with Gasteiger partial charge in [0.15, 0.2) is 11.6 Å². The molecule has 0 spiro atoms. The Balaban J connectivity index is 2.49. The van der Waals surface area contributed by atoms with Gasteiger partial charge in [-0.3, -0.25) is 9.59 Å². The molecule has 3 rings (SSSR count). The summed E-state index contributed by atoms with van der Waals surface area (Å²) in [5.74, 6) is -0.104. The lowest BCUT2D eigenvalue weighted by molar-refractivity contribution is 0.0923. The molecule has 2 aromatic rings. The van der Waals surface area contributed by atoms with E-state index in [1.54, 1.807) is 6.07 Å². The first-order chi connectivity index (χ1) is 7.27. The maximum Gasteiger partial charge on any atom is 0.171 e. The van der Waals surface area contributed by atoms with E-state index in [-0.39, 0.29) is 18.0 Å². The minimum absolute atomic E-state index is 0.0311. The van der Waals surface area contributed by atoms with Gasteiger partial charge < -0.3 is 0 Å². The van der Waals surface area contributed by atoms with E-state index in [1.165, 1.54) is 0 Å². The second-order valence-corrected chi connectivity index (χ2v) is 3.73. The van der Waals surface area contributed by atoms with E-state index in [2.05, 4.69) is 0 Å². The van der Waals surface area contributed by atoms with Crippen molar-refractivity contribution in [3.8, 4) is 0 Å². The quantitative estimate of drug-likeness (QED) is 0.607. The molecule has 2 heteroatoms. The minimum Gasteiger partial charge on any atom is -0.294 e. The molecule has 0 aromatic heterocycles. The summed E-state index contributed by atoms with van der Waals surface area (Å²) in [6.45, 7) is 0. The van der Waals surface area contributed by atoms with Gasteiger partial charge in [-0.25, -0.2) is 0 Å². The van der Waals surface area contributed by atoms with Gasteiger partial charge in [0.05, 0.1) is 6.42 Å². The Bertz CT molecular complexity index is 597. The fourth-order valence-electron chi connectivity index (χ4n) is 2.13. The number of hydrogen-bond donors (Lipinski definition) is 0. The number of carbonyl (C=O) groups excluding carboxylic acids is 2. The highest BCUT2D eigenvalue weighted by molar-refractivity contribution is 6.28. The second kappa shape index (κ2) is 2.76. The molecular formula is C13H8O2. The lowest BCUT2D eigenvalue weighted by atomic mass is 10.0. The third kappa shape index (κ3) is 1.05. The van der Waals surface area contributed by atoms with E-state index >= 15 is 0 Å². The molecule has 0 radical (unpaired) electrons. The van der Waals surface area contributed by atoms with Crippen molar-refractivity contribution in [3.05, 3.63) is 47.5 Å². The van der Waals surface area contributed by atoms with E-state index < -0.39 is 0 Å². The molecule has 0 amide bonds. The van der Waals surface area contributed by atoms with Crippen LogP contribution in [0.3, 0.4) is 0 Å². The smallest absolute Gasteiger partial charge is 0.171 e. The first-order valence-corrected chi connectivity index (χ1v) is 4.85. The lowest BCUT2D eigenvalue weighted by Crippen LogP contribution is -1.92. The highest BCUT2D eigenvalue weighted by Gasteiger charge is 2.28. The van der Waals surface area contributed by atoms with Crippen LogP contribution in [0.4, 0.5) is 0 Å². The molecule has 0 atom stereocenters. The van der Waals surface area contributed by atoms with Crippen LogP contribution in [0.25, 0.3) is 10.8 Å². The van der Waals surface area contributed by atoms with Crippen LogP contribution in [0.15, 0.2) is 36.4 Å². The van der Waals surface area contributed by atoms with E-state index in [9.17, 15) is 9.59 Å². The maximum atomic E-state index is 11.7. The standard InChI is InChI=1S/C13H8O2/c14-11-7-12(15)13-9-4-2-1-3-8(9)5-6-10(11)13/h1-6H,7H2. The average Bonchev–Trinajstić information content (AvgIpc) is 2.55. The van der Waals surface area contributed by atoms with Gasteiger partial charge in [0.25, 0.3) is 0 Å². The van der Waals surface area contributed by atoms with Crippen molar-refractivity contribution in [1.82, 2.24) is 0 Å². The van der Waals surface area contributed by atoms with Gasteiger partial charge >= 0.3 is 0 Å². The first-order valence-electron chi connectivity index (χ1n) is 4.85. The summed E-state index contributed by atoms with van der Waals surface area (Å²) in [6.07, 6.45) is 0.0311. The van der Waals surface area contributed by atoms with E-state index in [4.69, 9.17) is 0 Å². The second-order valence-electron chi connectivity index (χ2n) is 3.73. The van der Waals surface area contributed by atoms with Crippen LogP contribution in [0, 0.1) is 0 Å². The van der Waals surface area contributed by atoms with Crippen molar-refractivity contribution < 1.29 is 9.59 Å². The molecule has 0 aliphatic heterocycles. The zero-order valence-electron chi connectivity index (χ0n) is 7.99. The Morgan fingerprint density at radius 2 is 1.67 bits per heavy atom. The Morgan fingerprint density at radius 3 is 2.53 bits per heavy atom. The summed E-state index contributed by atoms with van der Waals surface area (Å²) < 4.78 is 0. The van der Waals surface area contributed by atoms with Crippen molar-refractivity contribution in [1.29, 1.82) is 0 Å². The zero-order chi connectivity index (χ0) is 10.4. The van der Waals surface area contributed by atoms with Crippen molar-refractivity contribution >= 4 is 22.3 Å². The predicted molar refractivity (Wildman–Crippen MR) is 57.2 cm³/mol. The number of carbonyl (C=O) groups is 2. The molecule has 2 aromatic carbocycles. The van der Waals surface area contributed by atoms with E-state index in [0.717, 1.165) is 10.8 Å². The molecule has 1 aliphatic carbocycles. The molecule has 0 N–H and O–H groups in total. The number of Topliss-reactive ketones (excluding diaryl/α,β-unsaturated/α-hetero) is 2. The summed E-state index contributed by atoms with van der Waals surface area (Å²) in [5.41, 5.74) is 1.19. The molecule has 2 nitrogen and oxygen atoms in total. The van der Waals surface area contributed by atoms with Crippen molar-refractivity contribution in [2.45, 2.75) is 6.42 Å². The van der Waals surface area contributed by atoms with Gasteiger partial charge in [0, 0.05) is 11.1 Å². The highest BCUT2D eigenvalue weighted by Crippen LogP contribution is 2.29. The van der Waals surface area contributed by atoms with Crippen molar-refractivity contribution in [2.75, 3.05) is 0 Å². The van der Waals surface area contributed by atoms with Gasteiger partial charge in [-0.05, 0) is 10.8 Å². The molecule has 0 heterocycles. The zero-order valence-corrected chi connectivity index (χ0v) is 7.99. The number of benzene rings is 2. The van der Waals surface area contributed by atoms with Gasteiger partial charge in [-0.2, -0.15) is 0 Å². The minimum atomic E-state index is -0.0549. The molecule has 0 fully saturated rings. The molecule has 72 valence electrons. The van der Waals surface area contributed by atoms with Crippen LogP contribution in [0.2, 0.25) is 0 Å². The largest absolute Gasteiger partial charge is 0.294 e. The van der Waals surface area contributed by atoms with Gasteiger partial charge in [-0.1, -0.05) is 36.4 Å². The third-order valence-corrected chi connectivity index (χ3v) is 2.83. The summed E-state index contributed by atoms with van der Waals surface area (Å²) in [6, 6.07) is 11.3. The lowest BCUT2D eigenvalue weighted by Gasteiger charge is -2.02. The Labute approximate surface area is 86.5 Å². The van der Waals surface area contributed by atoms with Crippen LogP contribution in [-0.2, 0) is 0 Å². The molecule has 0 unspecified atom stereocenters. The maximum absolute atomic E-state index is 11.7. The van der Waals surface area contributed by atoms with Gasteiger partial charge in [0.1, 0.15) is 0 Å². The van der Waals surface area contributed by atoms with Gasteiger partial charge in [0.2, 0.25) is 0 Å². The van der Waals surface area contributed by atoms with Crippen LogP contribution in [0.1, 0.15) is 27.1 Å². The summed E-state index contributed by atoms with van der Waals surface area (Å²) >= 11 is 0. The van der Waals surface area contributed by atoms with E-state index in [1.807, 2.05) is 30.3 Å². The predicted octanol–water partition coefficient (Wildman–Crippen LogP) is 2.61. The fourth-order valence-corrected chi connectivity index (χ4v) is 2.13. The first kappa shape index (κ1) is 8.36. The number of fused-ring (bicyclic) bond motifs is 3. The van der Waals surface area contributed by atoms with Crippen LogP contribution in [0.5, 0.6) is 0 Å². The number of rotatable bonds is 0. The topological polar surface area (TPSA) is 34.1 Å². The van der Waals surface area contributed by atoms with Crippen LogP contribution < -0.4 is 0 Å². The monoisotopic (exact) mass is 196 g/mol. The molecule has 0 saturated heterocycles. The van der Waals surface area contributed by atoms with E-state index in [0.29, 0.717) is 11.1 Å². The Morgan fingerprint density at radius 1 is 0.867 bits per heavy atom. The highest BCUT2D eigenvalue weighted by atomic mass is 16.2. The summed E-state index contributed by atoms with van der Waals surface area (Å²) in [4.78, 5) is 23.2. The summed E-state index contributed by atoms with van der Waals surface area (Å²) in [7, 11) is 0. The summed E-state index contributed by atoms with van der Waals surface area (Å²) in [5, 5.41) is 1.91. The molecule has 0 bridgehead atoms. The average molecular weight is 196 g/mol.